The van der Waals surface area contributed by atoms with E-state index in [-0.39, 0.29) is 5.56 Å². The molecule has 2 aromatic heterocycles. The Bertz CT molecular complexity index is 862. The first-order valence-electron chi connectivity index (χ1n) is 9.47. The van der Waals surface area contributed by atoms with Crippen LogP contribution in [0.15, 0.2) is 29.6 Å². The van der Waals surface area contributed by atoms with E-state index in [1.807, 2.05) is 0 Å². The maximum Gasteiger partial charge on any atom is 0.273 e. The lowest BCUT2D eigenvalue weighted by Crippen LogP contribution is -2.32. The Labute approximate surface area is 152 Å². The monoisotopic (exact) mass is 352 g/mol. The van der Waals surface area contributed by atoms with Crippen LogP contribution < -0.4 is 10.5 Å². The molecule has 2 atom stereocenters. The summed E-state index contributed by atoms with van der Waals surface area (Å²) in [5.41, 5.74) is 1.87. The highest BCUT2D eigenvalue weighted by Crippen LogP contribution is 2.40. The summed E-state index contributed by atoms with van der Waals surface area (Å²) in [5, 5.41) is 0. The minimum Gasteiger partial charge on any atom is -0.356 e. The van der Waals surface area contributed by atoms with Gasteiger partial charge in [-0.05, 0) is 24.7 Å². The van der Waals surface area contributed by atoms with E-state index in [0.717, 1.165) is 32.0 Å². The summed E-state index contributed by atoms with van der Waals surface area (Å²) in [6.07, 6.45) is 7.68. The van der Waals surface area contributed by atoms with Gasteiger partial charge in [-0.3, -0.25) is 14.7 Å². The molecule has 7 nitrogen and oxygen atoms in total. The van der Waals surface area contributed by atoms with E-state index in [4.69, 9.17) is 0 Å². The topological polar surface area (TPSA) is 67.2 Å². The number of rotatable bonds is 4. The van der Waals surface area contributed by atoms with Crippen LogP contribution in [-0.4, -0.2) is 50.6 Å². The molecule has 0 N–H and O–H groups in total. The summed E-state index contributed by atoms with van der Waals surface area (Å²) in [6, 6.07) is 2.19. The Morgan fingerprint density at radius 1 is 1.08 bits per heavy atom. The van der Waals surface area contributed by atoms with Crippen LogP contribution in [0.5, 0.6) is 0 Å². The van der Waals surface area contributed by atoms with Crippen molar-refractivity contribution in [3.05, 3.63) is 46.5 Å². The van der Waals surface area contributed by atoms with E-state index in [9.17, 15) is 4.79 Å². The molecule has 136 valence electrons. The summed E-state index contributed by atoms with van der Waals surface area (Å²) in [4.78, 5) is 30.2. The lowest BCUT2D eigenvalue weighted by atomic mass is 10.0. The first-order valence-corrected chi connectivity index (χ1v) is 9.47. The van der Waals surface area contributed by atoms with Crippen LogP contribution >= 0.6 is 0 Å². The molecule has 3 aliphatic rings. The first-order chi connectivity index (χ1) is 12.7. The van der Waals surface area contributed by atoms with Crippen molar-refractivity contribution in [2.75, 3.05) is 31.1 Å². The zero-order valence-corrected chi connectivity index (χ0v) is 15.1. The van der Waals surface area contributed by atoms with Crippen molar-refractivity contribution in [1.29, 1.82) is 0 Å². The molecule has 2 saturated heterocycles. The average Bonchev–Trinajstić information content (AvgIpc) is 3.32. The molecular weight excluding hydrogens is 328 g/mol. The fraction of sp³-hybridized carbons (Fsp3) is 0.579. The van der Waals surface area contributed by atoms with E-state index in [1.54, 1.807) is 30.3 Å². The molecule has 4 heterocycles. The van der Waals surface area contributed by atoms with Gasteiger partial charge in [-0.1, -0.05) is 0 Å². The number of aryl methyl sites for hydroxylation is 1. The molecule has 0 aromatic carbocycles. The molecule has 2 aromatic rings. The number of hydrogen-bond acceptors (Lipinski definition) is 6. The molecule has 3 fully saturated rings. The van der Waals surface area contributed by atoms with Gasteiger partial charge < -0.3 is 9.47 Å². The highest BCUT2D eigenvalue weighted by molar-refractivity contribution is 5.42. The van der Waals surface area contributed by atoms with Gasteiger partial charge in [-0.2, -0.15) is 0 Å². The third kappa shape index (κ3) is 2.90. The number of aromatic nitrogens is 4. The summed E-state index contributed by atoms with van der Waals surface area (Å²) in [6.45, 7) is 4.80. The Hall–Kier alpha value is -2.28. The zero-order chi connectivity index (χ0) is 17.7. The van der Waals surface area contributed by atoms with Crippen LogP contribution in [0.2, 0.25) is 0 Å². The fourth-order valence-corrected chi connectivity index (χ4v) is 4.41. The third-order valence-corrected chi connectivity index (χ3v) is 6.02. The molecular formula is C19H24N6O. The second-order valence-electron chi connectivity index (χ2n) is 7.98. The summed E-state index contributed by atoms with van der Waals surface area (Å²) in [7, 11) is 1.78. The van der Waals surface area contributed by atoms with Gasteiger partial charge in [0.2, 0.25) is 0 Å². The van der Waals surface area contributed by atoms with Crippen molar-refractivity contribution in [3.63, 3.8) is 0 Å². The largest absolute Gasteiger partial charge is 0.356 e. The normalized spacial score (nSPS) is 25.7. The maximum absolute atomic E-state index is 12.2. The average molecular weight is 352 g/mol. The van der Waals surface area contributed by atoms with Gasteiger partial charge in [0.1, 0.15) is 17.8 Å². The fourth-order valence-electron chi connectivity index (χ4n) is 4.41. The highest BCUT2D eigenvalue weighted by atomic mass is 16.1. The molecule has 5 rings (SSSR count). The smallest absolute Gasteiger partial charge is 0.273 e. The van der Waals surface area contributed by atoms with Gasteiger partial charge in [0.25, 0.3) is 5.56 Å². The SMILES string of the molecule is Cn1ccnc(CN2CC3CN(c4cc(C5CC5)ncn4)CC3C2)c1=O. The lowest BCUT2D eigenvalue weighted by molar-refractivity contribution is 0.303. The van der Waals surface area contributed by atoms with Crippen molar-refractivity contribution in [2.45, 2.75) is 25.3 Å². The molecule has 26 heavy (non-hydrogen) atoms. The second kappa shape index (κ2) is 6.16. The molecule has 1 saturated carbocycles. The van der Waals surface area contributed by atoms with E-state index in [0.29, 0.717) is 30.0 Å². The van der Waals surface area contributed by atoms with Gasteiger partial charge in [0.15, 0.2) is 0 Å². The lowest BCUT2D eigenvalue weighted by Gasteiger charge is -2.22. The van der Waals surface area contributed by atoms with E-state index >= 15 is 0 Å². The van der Waals surface area contributed by atoms with E-state index in [2.05, 4.69) is 30.8 Å². The molecule has 7 heteroatoms. The molecule has 2 aliphatic heterocycles. The van der Waals surface area contributed by atoms with Crippen LogP contribution in [0.25, 0.3) is 0 Å². The molecule has 1 aliphatic carbocycles. The predicted octanol–water partition coefficient (Wildman–Crippen LogP) is 1.02. The maximum atomic E-state index is 12.2. The molecule has 0 amide bonds. The number of anilines is 1. The summed E-state index contributed by atoms with van der Waals surface area (Å²) >= 11 is 0. The van der Waals surface area contributed by atoms with Crippen LogP contribution in [-0.2, 0) is 13.6 Å². The van der Waals surface area contributed by atoms with Crippen LogP contribution in [0.1, 0.15) is 30.1 Å². The molecule has 0 radical (unpaired) electrons. The van der Waals surface area contributed by atoms with Crippen LogP contribution in [0, 0.1) is 11.8 Å². The van der Waals surface area contributed by atoms with E-state index < -0.39 is 0 Å². The quantitative estimate of drug-likeness (QED) is 0.818. The Kier molecular flexibility index (Phi) is 3.77. The standard InChI is InChI=1S/C19H24N6O/c1-23-5-4-20-17(19(23)26)11-24-7-14-9-25(10-15(14)8-24)18-6-16(13-2-3-13)21-12-22-18/h4-6,12-15H,2-3,7-11H2,1H3. The molecule has 0 bridgehead atoms. The Balaban J connectivity index is 1.24. The summed E-state index contributed by atoms with van der Waals surface area (Å²) in [5.74, 6) is 3.03. The Morgan fingerprint density at radius 3 is 2.58 bits per heavy atom. The van der Waals surface area contributed by atoms with Gasteiger partial charge in [0.05, 0.1) is 0 Å². The van der Waals surface area contributed by atoms with Gasteiger partial charge >= 0.3 is 0 Å². The van der Waals surface area contributed by atoms with Crippen molar-refractivity contribution < 1.29 is 0 Å². The van der Waals surface area contributed by atoms with Gasteiger partial charge in [-0.25, -0.2) is 9.97 Å². The van der Waals surface area contributed by atoms with E-state index in [1.165, 1.54) is 18.5 Å². The van der Waals surface area contributed by atoms with Gasteiger partial charge in [0, 0.05) is 69.8 Å². The van der Waals surface area contributed by atoms with Crippen molar-refractivity contribution in [2.24, 2.45) is 18.9 Å². The Morgan fingerprint density at radius 2 is 1.85 bits per heavy atom. The predicted molar refractivity (Wildman–Crippen MR) is 98.0 cm³/mol. The highest BCUT2D eigenvalue weighted by Gasteiger charge is 2.40. The van der Waals surface area contributed by atoms with Crippen molar-refractivity contribution in [3.8, 4) is 0 Å². The third-order valence-electron chi connectivity index (χ3n) is 6.02. The van der Waals surface area contributed by atoms with Crippen LogP contribution in [0.4, 0.5) is 5.82 Å². The summed E-state index contributed by atoms with van der Waals surface area (Å²) < 4.78 is 1.60. The minimum absolute atomic E-state index is 0.0137. The molecule has 0 spiro atoms. The number of likely N-dealkylation sites (tertiary alicyclic amines) is 1. The minimum atomic E-state index is 0.0137. The van der Waals surface area contributed by atoms with Crippen molar-refractivity contribution >= 4 is 5.82 Å². The van der Waals surface area contributed by atoms with Gasteiger partial charge in [-0.15, -0.1) is 0 Å². The first kappa shape index (κ1) is 15.9. The second-order valence-corrected chi connectivity index (χ2v) is 7.98. The number of hydrogen-bond donors (Lipinski definition) is 0. The molecule has 2 unspecified atom stereocenters. The van der Waals surface area contributed by atoms with Crippen molar-refractivity contribution in [1.82, 2.24) is 24.4 Å². The number of fused-ring (bicyclic) bond motifs is 1. The van der Waals surface area contributed by atoms with Crippen LogP contribution in [0.3, 0.4) is 0 Å². The number of nitrogens with zero attached hydrogens (tertiary/aromatic N) is 6. The zero-order valence-electron chi connectivity index (χ0n) is 15.1.